The number of rotatable bonds is 20. The van der Waals surface area contributed by atoms with Crippen LogP contribution < -0.4 is 31.0 Å². The minimum absolute atomic E-state index is 0.0772. The van der Waals surface area contributed by atoms with E-state index >= 15 is 0 Å². The Morgan fingerprint density at radius 2 is 1.81 bits per heavy atom. The summed E-state index contributed by atoms with van der Waals surface area (Å²) in [4.78, 5) is 83.7. The van der Waals surface area contributed by atoms with Crippen molar-refractivity contribution in [1.29, 1.82) is 0 Å². The summed E-state index contributed by atoms with van der Waals surface area (Å²) in [5.41, 5.74) is 3.95. The number of esters is 1. The van der Waals surface area contributed by atoms with Gasteiger partial charge in [-0.25, -0.2) is 14.6 Å². The highest BCUT2D eigenvalue weighted by molar-refractivity contribution is 6.35. The molecule has 21 nitrogen and oxygen atoms in total. The molecular weight excluding hydrogens is 1020 g/mol. The minimum Gasteiger partial charge on any atom is -0.495 e. The summed E-state index contributed by atoms with van der Waals surface area (Å²) in [7, 11) is 9.68. The Kier molecular flexibility index (Phi) is 20.7. The number of aromatic nitrogens is 1. The molecule has 9 unspecified atom stereocenters. The number of hydrogen-bond donors (Lipinski definition) is 6. The number of unbranched alkanes of at least 4 members (excludes halogenated alkanes) is 2. The van der Waals surface area contributed by atoms with Gasteiger partial charge in [-0.15, -0.1) is 0 Å². The van der Waals surface area contributed by atoms with Gasteiger partial charge in [0.25, 0.3) is 0 Å². The molecule has 0 radical (unpaired) electrons. The van der Waals surface area contributed by atoms with Gasteiger partial charge in [0.15, 0.2) is 5.72 Å². The van der Waals surface area contributed by atoms with Gasteiger partial charge in [-0.1, -0.05) is 66.9 Å². The van der Waals surface area contributed by atoms with Crippen LogP contribution in [0.4, 0.5) is 10.5 Å². The van der Waals surface area contributed by atoms with Gasteiger partial charge < -0.3 is 58.9 Å². The van der Waals surface area contributed by atoms with Gasteiger partial charge in [-0.05, 0) is 82.3 Å². The first-order chi connectivity index (χ1) is 36.6. The first-order valence-electron chi connectivity index (χ1n) is 26.1. The summed E-state index contributed by atoms with van der Waals surface area (Å²) < 4.78 is 31.5. The van der Waals surface area contributed by atoms with E-state index in [4.69, 9.17) is 35.3 Å². The number of aliphatic hydroxyl groups is 2. The molecule has 6 N–H and O–H groups in total. The average Bonchev–Trinajstić information content (AvgIpc) is 4.07. The molecule has 4 bridgehead atoms. The van der Waals surface area contributed by atoms with Crippen molar-refractivity contribution in [3.05, 3.63) is 82.5 Å². The quantitative estimate of drug-likeness (QED) is 0.0400. The smallest absolute Gasteiger partial charge is 0.409 e. The largest absolute Gasteiger partial charge is 0.495 e. The van der Waals surface area contributed by atoms with E-state index in [0.717, 1.165) is 27.7 Å². The van der Waals surface area contributed by atoms with E-state index in [2.05, 4.69) is 32.0 Å². The van der Waals surface area contributed by atoms with Crippen LogP contribution in [0.1, 0.15) is 83.9 Å². The predicted molar refractivity (Wildman–Crippen MR) is 289 cm³/mol. The highest BCUT2D eigenvalue weighted by atomic mass is 35.5. The molecule has 3 aliphatic rings. The number of benzene rings is 2. The number of aliphatic hydroxyl groups excluding tert-OH is 1. The van der Waals surface area contributed by atoms with E-state index in [-0.39, 0.29) is 49.1 Å². The average molecular weight is 1090 g/mol. The summed E-state index contributed by atoms with van der Waals surface area (Å²) >= 11 is 6.82. The number of epoxide rings is 1. The molecule has 0 aliphatic carbocycles. The van der Waals surface area contributed by atoms with E-state index in [9.17, 15) is 39.0 Å². The first kappa shape index (κ1) is 60.2. The number of nitrogens with one attached hydrogen (secondary N) is 4. The number of alkyl carbamates (subject to hydrolysis) is 1. The van der Waals surface area contributed by atoms with Crippen LogP contribution in [0.5, 0.6) is 5.75 Å². The second-order valence-corrected chi connectivity index (χ2v) is 20.9. The number of hydrogen-bond acceptors (Lipinski definition) is 15. The SMILES string of the molecule is CNN(C)Cc1cc2ccccc2n1CCC(=O)NC(CO)C(=O)NCCCCCC(=O)N(C)C(C)C(=O)OC1CC(=O)N(C)c2cc(cc(OC)c2Cl)CC(C)=CC=CC(OC)C2(O)CC(OC(=O)N2)C(C)C2OC12C. The normalized spacial score (nSPS) is 24.5. The van der Waals surface area contributed by atoms with Crippen molar-refractivity contribution in [2.75, 3.05) is 60.5 Å². The number of allylic oxidation sites excluding steroid dienone is 3. The zero-order valence-electron chi connectivity index (χ0n) is 45.9. The van der Waals surface area contributed by atoms with Crippen LogP contribution in [0.3, 0.4) is 0 Å². The molecule has 422 valence electrons. The van der Waals surface area contributed by atoms with Gasteiger partial charge in [0.05, 0.1) is 38.5 Å². The van der Waals surface area contributed by atoms with Crippen molar-refractivity contribution < 1.29 is 62.7 Å². The van der Waals surface area contributed by atoms with Gasteiger partial charge in [0.1, 0.15) is 46.8 Å². The van der Waals surface area contributed by atoms with Crippen LogP contribution in [-0.2, 0) is 62.4 Å². The summed E-state index contributed by atoms with van der Waals surface area (Å²) in [6.45, 7) is 7.52. The standard InChI is InChI=1S/C55H77ClN8O13/c1-33-17-16-20-44(74-10)55(72)30-43(75-53(71)60-55)34(2)50-54(4,77-50)45(29-48(68)63(8)41-26-36(25-33)27-42(73-9)49(41)56)76-52(70)35(3)62(7)47(67)21-12-11-15-23-58-51(69)39(32-65)59-46(66)22-24-64-38(31-61(6)57-5)28-37-18-13-14-19-40(37)64/h13-14,16-20,26-28,34-35,39,43-45,50,57,65,72H,11-12,15,21-25,29-32H2,1-10H3,(H,58,69)(H,59,66)(H,60,71). The zero-order valence-corrected chi connectivity index (χ0v) is 46.6. The molecule has 0 spiro atoms. The fourth-order valence-corrected chi connectivity index (χ4v) is 10.3. The predicted octanol–water partition coefficient (Wildman–Crippen LogP) is 4.28. The van der Waals surface area contributed by atoms with Gasteiger partial charge in [-0.2, -0.15) is 0 Å². The maximum Gasteiger partial charge on any atom is 0.409 e. The van der Waals surface area contributed by atoms with Crippen molar-refractivity contribution >= 4 is 63.9 Å². The summed E-state index contributed by atoms with van der Waals surface area (Å²) in [5.74, 6) is -2.77. The van der Waals surface area contributed by atoms with E-state index in [1.54, 1.807) is 45.2 Å². The second kappa shape index (κ2) is 26.5. The number of amides is 5. The molecule has 5 amide bonds. The van der Waals surface area contributed by atoms with Crippen LogP contribution >= 0.6 is 11.6 Å². The lowest BCUT2D eigenvalue weighted by Gasteiger charge is -2.42. The summed E-state index contributed by atoms with van der Waals surface area (Å²) in [6, 6.07) is 11.3. The Balaban J connectivity index is 1.05. The molecule has 3 aliphatic heterocycles. The van der Waals surface area contributed by atoms with Gasteiger partial charge in [-0.3, -0.25) is 29.9 Å². The molecule has 9 atom stereocenters. The third-order valence-electron chi connectivity index (χ3n) is 15.0. The molecule has 77 heavy (non-hydrogen) atoms. The zero-order chi connectivity index (χ0) is 56.4. The van der Waals surface area contributed by atoms with Gasteiger partial charge in [0.2, 0.25) is 23.6 Å². The van der Waals surface area contributed by atoms with Crippen molar-refractivity contribution in [2.24, 2.45) is 5.92 Å². The molecule has 2 fully saturated rings. The number of anilines is 1. The fraction of sp³-hybridized carbons (Fsp3) is 0.564. The van der Waals surface area contributed by atoms with Crippen LogP contribution in [0.25, 0.3) is 10.9 Å². The van der Waals surface area contributed by atoms with Gasteiger partial charge in [0, 0.05) is 77.7 Å². The number of aryl methyl sites for hydroxylation is 1. The highest BCUT2D eigenvalue weighted by Gasteiger charge is 2.64. The molecule has 2 saturated heterocycles. The maximum atomic E-state index is 14.4. The Morgan fingerprint density at radius 3 is 2.51 bits per heavy atom. The molecule has 2 aromatic carbocycles. The number of halogens is 1. The number of fused-ring (bicyclic) bond motifs is 6. The number of likely N-dealkylation sites (N-methyl/N-ethyl adjacent to an activating group) is 1. The molecular formula is C55H77ClN8O13. The Labute approximate surface area is 455 Å². The molecule has 0 saturated carbocycles. The number of carbonyl (C=O) groups is 6. The van der Waals surface area contributed by atoms with Crippen LogP contribution in [0.2, 0.25) is 5.02 Å². The maximum absolute atomic E-state index is 14.4. The third kappa shape index (κ3) is 14.7. The highest BCUT2D eigenvalue weighted by Crippen LogP contribution is 2.49. The number of nitrogens with zero attached hydrogens (tertiary/aromatic N) is 4. The lowest BCUT2D eigenvalue weighted by atomic mass is 9.83. The van der Waals surface area contributed by atoms with E-state index in [1.807, 2.05) is 56.4 Å². The fourth-order valence-electron chi connectivity index (χ4n) is 9.97. The van der Waals surface area contributed by atoms with Crippen molar-refractivity contribution in [1.82, 2.24) is 35.9 Å². The van der Waals surface area contributed by atoms with Crippen molar-refractivity contribution in [2.45, 2.75) is 140 Å². The Hall–Kier alpha value is -6.07. The van der Waals surface area contributed by atoms with Crippen molar-refractivity contribution in [3.8, 4) is 5.75 Å². The van der Waals surface area contributed by atoms with E-state index in [1.165, 1.54) is 38.0 Å². The summed E-state index contributed by atoms with van der Waals surface area (Å²) in [6.07, 6.45) is 2.12. The number of hydrazine groups is 1. The van der Waals surface area contributed by atoms with Crippen LogP contribution in [0.15, 0.2) is 66.3 Å². The molecule has 3 aromatic rings. The molecule has 22 heteroatoms. The summed E-state index contributed by atoms with van der Waals surface area (Å²) in [5, 5.41) is 32.9. The monoisotopic (exact) mass is 1090 g/mol. The Bertz CT molecular complexity index is 2680. The van der Waals surface area contributed by atoms with Crippen LogP contribution in [0, 0.1) is 5.92 Å². The topological polar surface area (TPSA) is 255 Å². The number of methoxy groups -OCH3 is 2. The van der Waals surface area contributed by atoms with Crippen molar-refractivity contribution in [3.63, 3.8) is 0 Å². The molecule has 4 heterocycles. The minimum atomic E-state index is -1.87. The van der Waals surface area contributed by atoms with Gasteiger partial charge >= 0.3 is 12.1 Å². The number of para-hydroxylation sites is 1. The third-order valence-corrected chi connectivity index (χ3v) is 15.3. The number of carbonyl (C=O) groups excluding carboxylic acids is 6. The molecule has 1 aromatic heterocycles. The van der Waals surface area contributed by atoms with E-state index < -0.39 is 84.2 Å². The molecule has 6 rings (SSSR count). The Morgan fingerprint density at radius 1 is 1.06 bits per heavy atom. The van der Waals surface area contributed by atoms with E-state index in [0.29, 0.717) is 50.2 Å². The van der Waals surface area contributed by atoms with Crippen LogP contribution in [-0.4, -0.2) is 164 Å². The lowest BCUT2D eigenvalue weighted by molar-refractivity contribution is -0.162. The number of ether oxygens (including phenoxy) is 5. The second-order valence-electron chi connectivity index (χ2n) is 20.5. The lowest BCUT2D eigenvalue weighted by Crippen LogP contribution is -2.63. The first-order valence-corrected chi connectivity index (χ1v) is 26.4.